The molecule has 0 atom stereocenters. The van der Waals surface area contributed by atoms with E-state index in [9.17, 15) is 8.42 Å². The minimum atomic E-state index is -3.52. The van der Waals surface area contributed by atoms with Gasteiger partial charge in [-0.15, -0.1) is 0 Å². The van der Waals surface area contributed by atoms with Crippen LogP contribution in [0.25, 0.3) is 11.0 Å². The molecule has 2 aromatic heterocycles. The van der Waals surface area contributed by atoms with Crippen molar-refractivity contribution in [3.63, 3.8) is 0 Å². The maximum Gasteiger partial charge on any atom is 0.244 e. The Morgan fingerprint density at radius 2 is 1.95 bits per heavy atom. The lowest BCUT2D eigenvalue weighted by Gasteiger charge is -2.06. The van der Waals surface area contributed by atoms with Crippen molar-refractivity contribution in [1.82, 2.24) is 13.9 Å². The molecule has 0 aliphatic heterocycles. The number of hydrogen-bond acceptors (Lipinski definition) is 4. The third-order valence-corrected chi connectivity index (χ3v) is 5.09. The summed E-state index contributed by atoms with van der Waals surface area (Å²) in [5.74, 6) is -0.0753. The van der Waals surface area contributed by atoms with Crippen LogP contribution in [0.5, 0.6) is 0 Å². The predicted molar refractivity (Wildman–Crippen MR) is 79.7 cm³/mol. The largest absolute Gasteiger partial charge is 0.244 e. The fraction of sp³-hybridized carbons (Fsp3) is 0.0769. The van der Waals surface area contributed by atoms with E-state index in [1.54, 1.807) is 18.3 Å². The number of aromatic nitrogens is 3. The van der Waals surface area contributed by atoms with Gasteiger partial charge in [0.05, 0.1) is 11.1 Å². The maximum atomic E-state index is 12.5. The summed E-state index contributed by atoms with van der Waals surface area (Å²) in [5, 5.41) is 0.670. The number of hydrogen-bond donors (Lipinski definition) is 0. The van der Waals surface area contributed by atoms with Crippen molar-refractivity contribution < 1.29 is 8.42 Å². The lowest BCUT2D eigenvalue weighted by atomic mass is 10.2. The molecule has 0 saturated carbocycles. The molecule has 7 heteroatoms. The molecule has 3 rings (SSSR count). The second-order valence-electron chi connectivity index (χ2n) is 4.27. The normalized spacial score (nSPS) is 11.8. The van der Waals surface area contributed by atoms with Gasteiger partial charge in [0.2, 0.25) is 10.0 Å². The molecule has 0 bridgehead atoms. The average Bonchev–Trinajstić information content (AvgIpc) is 2.78. The zero-order valence-corrected chi connectivity index (χ0v) is 12.7. The zero-order valence-electron chi connectivity index (χ0n) is 10.3. The van der Waals surface area contributed by atoms with E-state index < -0.39 is 10.0 Å². The van der Waals surface area contributed by atoms with Crippen molar-refractivity contribution in [2.75, 3.05) is 0 Å². The molecular weight excluding hydrogens is 342 g/mol. The molecule has 0 fully saturated rings. The van der Waals surface area contributed by atoms with Crippen LogP contribution in [-0.2, 0) is 15.8 Å². The molecule has 0 radical (unpaired) electrons. The number of nitrogens with zero attached hydrogens (tertiary/aromatic N) is 3. The molecule has 0 aliphatic carbocycles. The summed E-state index contributed by atoms with van der Waals surface area (Å²) in [4.78, 5) is 7.96. The second-order valence-corrected chi connectivity index (χ2v) is 6.97. The quantitative estimate of drug-likeness (QED) is 0.727. The van der Waals surface area contributed by atoms with Gasteiger partial charge in [0.1, 0.15) is 6.33 Å². The topological polar surface area (TPSA) is 64.8 Å². The number of fused-ring (bicyclic) bond motifs is 1. The molecule has 0 spiro atoms. The summed E-state index contributed by atoms with van der Waals surface area (Å²) in [6.45, 7) is 0. The van der Waals surface area contributed by atoms with E-state index in [-0.39, 0.29) is 5.75 Å². The summed E-state index contributed by atoms with van der Waals surface area (Å²) in [6.07, 6.45) is 4.43. The Balaban J connectivity index is 2.10. The van der Waals surface area contributed by atoms with Crippen LogP contribution in [0.2, 0.25) is 0 Å². The zero-order chi connectivity index (χ0) is 14.2. The van der Waals surface area contributed by atoms with E-state index >= 15 is 0 Å². The molecule has 0 N–H and O–H groups in total. The molecule has 0 unspecified atom stereocenters. The standard InChI is InChI=1S/C13H10BrN3O2S/c14-12-7-17(13-11(12)6-15-9-16-13)20(18,19)8-10-4-2-1-3-5-10/h1-7,9H,8H2. The van der Waals surface area contributed by atoms with Gasteiger partial charge < -0.3 is 0 Å². The molecule has 3 aromatic rings. The highest BCUT2D eigenvalue weighted by Gasteiger charge is 2.19. The Labute approximate surface area is 124 Å². The highest BCUT2D eigenvalue weighted by Crippen LogP contribution is 2.26. The van der Waals surface area contributed by atoms with Crippen LogP contribution in [0, 0.1) is 0 Å². The van der Waals surface area contributed by atoms with Gasteiger partial charge in [-0.3, -0.25) is 0 Å². The average molecular weight is 352 g/mol. The molecular formula is C13H10BrN3O2S. The monoisotopic (exact) mass is 351 g/mol. The first kappa shape index (κ1) is 13.3. The minimum Gasteiger partial charge on any atom is -0.244 e. The van der Waals surface area contributed by atoms with Crippen molar-refractivity contribution in [2.45, 2.75) is 5.75 Å². The lowest BCUT2D eigenvalue weighted by Crippen LogP contribution is -2.14. The Bertz CT molecular complexity index is 860. The Hall–Kier alpha value is -1.73. The summed E-state index contributed by atoms with van der Waals surface area (Å²) in [6, 6.07) is 9.05. The van der Waals surface area contributed by atoms with E-state index in [2.05, 4.69) is 25.9 Å². The molecule has 102 valence electrons. The van der Waals surface area contributed by atoms with Gasteiger partial charge in [0.15, 0.2) is 5.65 Å². The summed E-state index contributed by atoms with van der Waals surface area (Å²) in [7, 11) is -3.52. The Morgan fingerprint density at radius 3 is 2.70 bits per heavy atom. The van der Waals surface area contributed by atoms with Crippen molar-refractivity contribution in [2.24, 2.45) is 0 Å². The first-order valence-electron chi connectivity index (χ1n) is 5.82. The molecule has 1 aromatic carbocycles. The molecule has 2 heterocycles. The lowest BCUT2D eigenvalue weighted by molar-refractivity contribution is 0.588. The van der Waals surface area contributed by atoms with Crippen LogP contribution in [0.1, 0.15) is 5.56 Å². The number of rotatable bonds is 3. The van der Waals surface area contributed by atoms with Crippen LogP contribution < -0.4 is 0 Å². The van der Waals surface area contributed by atoms with E-state index in [0.29, 0.717) is 15.5 Å². The van der Waals surface area contributed by atoms with E-state index in [4.69, 9.17) is 0 Å². The molecule has 20 heavy (non-hydrogen) atoms. The minimum absolute atomic E-state index is 0.0753. The van der Waals surface area contributed by atoms with Gasteiger partial charge >= 0.3 is 0 Å². The van der Waals surface area contributed by atoms with Crippen LogP contribution in [-0.4, -0.2) is 22.4 Å². The van der Waals surface area contributed by atoms with Gasteiger partial charge in [-0.2, -0.15) is 0 Å². The first-order chi connectivity index (χ1) is 9.58. The molecule has 0 aliphatic rings. The Kier molecular flexibility index (Phi) is 3.31. The third kappa shape index (κ3) is 2.34. The third-order valence-electron chi connectivity index (χ3n) is 2.88. The van der Waals surface area contributed by atoms with Gasteiger partial charge in [-0.1, -0.05) is 30.3 Å². The first-order valence-corrected chi connectivity index (χ1v) is 8.22. The van der Waals surface area contributed by atoms with Crippen molar-refractivity contribution in [3.8, 4) is 0 Å². The smallest absolute Gasteiger partial charge is 0.244 e. The molecule has 0 saturated heterocycles. The Morgan fingerprint density at radius 1 is 1.20 bits per heavy atom. The van der Waals surface area contributed by atoms with E-state index in [1.165, 1.54) is 16.5 Å². The van der Waals surface area contributed by atoms with Crippen molar-refractivity contribution in [1.29, 1.82) is 0 Å². The number of halogens is 1. The summed E-state index contributed by atoms with van der Waals surface area (Å²) in [5.41, 5.74) is 1.11. The van der Waals surface area contributed by atoms with Crippen molar-refractivity contribution in [3.05, 3.63) is 59.1 Å². The molecule has 5 nitrogen and oxygen atoms in total. The maximum absolute atomic E-state index is 12.5. The second kappa shape index (κ2) is 4.99. The summed E-state index contributed by atoms with van der Waals surface area (Å²) < 4.78 is 26.9. The fourth-order valence-electron chi connectivity index (χ4n) is 1.97. The van der Waals surface area contributed by atoms with Gasteiger partial charge in [0.25, 0.3) is 0 Å². The van der Waals surface area contributed by atoms with Crippen LogP contribution in [0.3, 0.4) is 0 Å². The van der Waals surface area contributed by atoms with E-state index in [0.717, 1.165) is 5.56 Å². The highest BCUT2D eigenvalue weighted by atomic mass is 79.9. The molecule has 0 amide bonds. The van der Waals surface area contributed by atoms with Crippen LogP contribution in [0.4, 0.5) is 0 Å². The van der Waals surface area contributed by atoms with Crippen molar-refractivity contribution >= 4 is 37.0 Å². The SMILES string of the molecule is O=S(=O)(Cc1ccccc1)n1cc(Br)c2cncnc21. The van der Waals surface area contributed by atoms with Crippen LogP contribution >= 0.6 is 15.9 Å². The van der Waals surface area contributed by atoms with E-state index in [1.807, 2.05) is 18.2 Å². The van der Waals surface area contributed by atoms with Gasteiger partial charge in [-0.25, -0.2) is 22.4 Å². The number of benzene rings is 1. The fourth-order valence-corrected chi connectivity index (χ4v) is 4.02. The van der Waals surface area contributed by atoms with Gasteiger partial charge in [0, 0.05) is 16.9 Å². The van der Waals surface area contributed by atoms with Crippen LogP contribution in [0.15, 0.2) is 53.5 Å². The summed E-state index contributed by atoms with van der Waals surface area (Å²) >= 11 is 3.33. The highest BCUT2D eigenvalue weighted by molar-refractivity contribution is 9.10. The predicted octanol–water partition coefficient (Wildman–Crippen LogP) is 2.57. The van der Waals surface area contributed by atoms with Gasteiger partial charge in [-0.05, 0) is 21.5 Å².